The maximum atomic E-state index is 11.4. The lowest BCUT2D eigenvalue weighted by Gasteiger charge is -2.36. The highest BCUT2D eigenvalue weighted by atomic mass is 35.5. The van der Waals surface area contributed by atoms with E-state index >= 15 is 0 Å². The normalized spacial score (nSPS) is 24.6. The molecule has 0 saturated carbocycles. The molecule has 1 aromatic heterocycles. The summed E-state index contributed by atoms with van der Waals surface area (Å²) >= 11 is 7.36. The van der Waals surface area contributed by atoms with E-state index in [0.717, 1.165) is 31.3 Å². The van der Waals surface area contributed by atoms with Crippen molar-refractivity contribution < 1.29 is 4.79 Å². The zero-order valence-corrected chi connectivity index (χ0v) is 10.1. The maximum Gasteiger partial charge on any atom is 0.317 e. The molecule has 3 rings (SSSR count). The number of hydrogen-bond acceptors (Lipinski definition) is 4. The lowest BCUT2D eigenvalue weighted by Crippen LogP contribution is -2.52. The largest absolute Gasteiger partial charge is 0.344 e. The third-order valence-corrected chi connectivity index (χ3v) is 4.19. The Kier molecular flexibility index (Phi) is 2.40. The van der Waals surface area contributed by atoms with Gasteiger partial charge in [0.2, 0.25) is 0 Å². The molecule has 0 bridgehead atoms. The van der Waals surface area contributed by atoms with E-state index in [-0.39, 0.29) is 12.1 Å². The molecule has 2 aliphatic heterocycles. The third-order valence-electron chi connectivity index (χ3n) is 2.97. The number of aromatic nitrogens is 1. The van der Waals surface area contributed by atoms with Gasteiger partial charge in [-0.15, -0.1) is 11.3 Å². The molecule has 0 aliphatic carbocycles. The number of piperazine rings is 1. The number of fused-ring (bicyclic) bond motifs is 1. The smallest absolute Gasteiger partial charge is 0.317 e. The number of carbonyl (C=O) groups is 1. The van der Waals surface area contributed by atoms with Gasteiger partial charge in [0, 0.05) is 31.6 Å². The summed E-state index contributed by atoms with van der Waals surface area (Å²) in [5, 5.41) is 6.18. The molecule has 16 heavy (non-hydrogen) atoms. The SMILES string of the molecule is O=C1NCC2CN(c3nc(Cl)cs3)CCN12. The second-order valence-electron chi connectivity index (χ2n) is 3.93. The van der Waals surface area contributed by atoms with Crippen LogP contribution in [0.15, 0.2) is 5.38 Å². The van der Waals surface area contributed by atoms with Crippen LogP contribution >= 0.6 is 22.9 Å². The molecule has 1 unspecified atom stereocenters. The first-order valence-corrected chi connectivity index (χ1v) is 6.40. The van der Waals surface area contributed by atoms with Crippen molar-refractivity contribution in [3.63, 3.8) is 0 Å². The minimum absolute atomic E-state index is 0.0572. The van der Waals surface area contributed by atoms with E-state index in [1.165, 1.54) is 0 Å². The van der Waals surface area contributed by atoms with Gasteiger partial charge in [-0.1, -0.05) is 11.6 Å². The van der Waals surface area contributed by atoms with Gasteiger partial charge in [0.1, 0.15) is 5.15 Å². The Morgan fingerprint density at radius 2 is 2.44 bits per heavy atom. The van der Waals surface area contributed by atoms with Crippen molar-refractivity contribution in [3.05, 3.63) is 10.5 Å². The van der Waals surface area contributed by atoms with E-state index in [4.69, 9.17) is 11.6 Å². The minimum atomic E-state index is 0.0572. The maximum absolute atomic E-state index is 11.4. The summed E-state index contributed by atoms with van der Waals surface area (Å²) in [6.45, 7) is 3.15. The molecule has 0 radical (unpaired) electrons. The van der Waals surface area contributed by atoms with Gasteiger partial charge in [0.15, 0.2) is 5.13 Å². The van der Waals surface area contributed by atoms with Crippen molar-refractivity contribution >= 4 is 34.1 Å². The molecule has 1 N–H and O–H groups in total. The lowest BCUT2D eigenvalue weighted by molar-refractivity contribution is 0.197. The predicted molar refractivity (Wildman–Crippen MR) is 63.2 cm³/mol. The fraction of sp³-hybridized carbons (Fsp3) is 0.556. The van der Waals surface area contributed by atoms with E-state index in [2.05, 4.69) is 15.2 Å². The number of amides is 2. The molecule has 1 atom stereocenters. The van der Waals surface area contributed by atoms with Gasteiger partial charge in [0.25, 0.3) is 0 Å². The number of hydrogen-bond donors (Lipinski definition) is 1. The van der Waals surface area contributed by atoms with Crippen LogP contribution in [0.3, 0.4) is 0 Å². The number of nitrogens with zero attached hydrogens (tertiary/aromatic N) is 3. The molecule has 1 aromatic rings. The number of carbonyl (C=O) groups excluding carboxylic acids is 1. The van der Waals surface area contributed by atoms with Crippen molar-refractivity contribution in [1.82, 2.24) is 15.2 Å². The van der Waals surface area contributed by atoms with Crippen LogP contribution < -0.4 is 10.2 Å². The van der Waals surface area contributed by atoms with Crippen molar-refractivity contribution in [2.45, 2.75) is 6.04 Å². The van der Waals surface area contributed by atoms with Gasteiger partial charge in [0.05, 0.1) is 6.04 Å². The Balaban J connectivity index is 1.75. The summed E-state index contributed by atoms with van der Waals surface area (Å²) in [5.74, 6) is 0. The zero-order valence-electron chi connectivity index (χ0n) is 8.52. The number of nitrogens with one attached hydrogen (secondary N) is 1. The van der Waals surface area contributed by atoms with Crippen LogP contribution in [0.4, 0.5) is 9.93 Å². The van der Waals surface area contributed by atoms with Gasteiger partial charge in [-0.2, -0.15) is 0 Å². The molecule has 2 fully saturated rings. The van der Waals surface area contributed by atoms with Crippen molar-refractivity contribution in [2.24, 2.45) is 0 Å². The highest BCUT2D eigenvalue weighted by Crippen LogP contribution is 2.26. The summed E-state index contributed by atoms with van der Waals surface area (Å²) < 4.78 is 0. The molecule has 0 aromatic carbocycles. The minimum Gasteiger partial charge on any atom is -0.344 e. The van der Waals surface area contributed by atoms with Crippen LogP contribution in [0, 0.1) is 0 Å². The molecule has 86 valence electrons. The van der Waals surface area contributed by atoms with Crippen molar-refractivity contribution in [1.29, 1.82) is 0 Å². The highest BCUT2D eigenvalue weighted by Gasteiger charge is 2.36. The van der Waals surface area contributed by atoms with Gasteiger partial charge in [-0.05, 0) is 0 Å². The summed E-state index contributed by atoms with van der Waals surface area (Å²) in [7, 11) is 0. The number of urea groups is 1. The number of rotatable bonds is 1. The molecule has 7 heteroatoms. The van der Waals surface area contributed by atoms with E-state index in [9.17, 15) is 4.79 Å². The number of thiazole rings is 1. The first kappa shape index (κ1) is 10.2. The van der Waals surface area contributed by atoms with Crippen molar-refractivity contribution in [2.75, 3.05) is 31.1 Å². The number of anilines is 1. The summed E-state index contributed by atoms with van der Waals surface area (Å²) in [5.41, 5.74) is 0. The molecular weight excluding hydrogens is 248 g/mol. The second-order valence-corrected chi connectivity index (χ2v) is 5.16. The van der Waals surface area contributed by atoms with Gasteiger partial charge in [-0.25, -0.2) is 9.78 Å². The lowest BCUT2D eigenvalue weighted by atomic mass is 10.2. The van der Waals surface area contributed by atoms with E-state index in [1.54, 1.807) is 11.3 Å². The Labute approximate surface area is 102 Å². The van der Waals surface area contributed by atoms with E-state index < -0.39 is 0 Å². The summed E-state index contributed by atoms with van der Waals surface area (Å²) in [6, 6.07) is 0.325. The van der Waals surface area contributed by atoms with E-state index in [0.29, 0.717) is 5.15 Å². The molecule has 2 aliphatic rings. The fourth-order valence-electron chi connectivity index (χ4n) is 2.17. The fourth-order valence-corrected chi connectivity index (χ4v) is 3.15. The summed E-state index contributed by atoms with van der Waals surface area (Å²) in [4.78, 5) is 19.8. The first-order chi connectivity index (χ1) is 7.74. The summed E-state index contributed by atoms with van der Waals surface area (Å²) in [6.07, 6.45) is 0. The zero-order chi connectivity index (χ0) is 11.1. The highest BCUT2D eigenvalue weighted by molar-refractivity contribution is 7.14. The van der Waals surface area contributed by atoms with Crippen LogP contribution in [-0.4, -0.2) is 48.1 Å². The van der Waals surface area contributed by atoms with Crippen LogP contribution in [-0.2, 0) is 0 Å². The average molecular weight is 259 g/mol. The Morgan fingerprint density at radius 3 is 3.19 bits per heavy atom. The molecule has 5 nitrogen and oxygen atoms in total. The third kappa shape index (κ3) is 1.62. The topological polar surface area (TPSA) is 48.5 Å². The monoisotopic (exact) mass is 258 g/mol. The van der Waals surface area contributed by atoms with E-state index in [1.807, 2.05) is 10.3 Å². The van der Waals surface area contributed by atoms with Crippen LogP contribution in [0.2, 0.25) is 5.15 Å². The van der Waals surface area contributed by atoms with Gasteiger partial charge < -0.3 is 15.1 Å². The van der Waals surface area contributed by atoms with Crippen LogP contribution in [0.5, 0.6) is 0 Å². The van der Waals surface area contributed by atoms with Crippen LogP contribution in [0.25, 0.3) is 0 Å². The second kappa shape index (κ2) is 3.78. The molecule has 3 heterocycles. The number of halogens is 1. The molecular formula is C9H11ClN4OS. The Hall–Kier alpha value is -1.01. The molecule has 2 saturated heterocycles. The average Bonchev–Trinajstić information content (AvgIpc) is 2.86. The van der Waals surface area contributed by atoms with Gasteiger partial charge in [-0.3, -0.25) is 0 Å². The quantitative estimate of drug-likeness (QED) is 0.818. The molecule has 2 amide bonds. The Bertz CT molecular complexity index is 423. The first-order valence-electron chi connectivity index (χ1n) is 5.14. The predicted octanol–water partition coefficient (Wildman–Crippen LogP) is 1.01. The Morgan fingerprint density at radius 1 is 1.56 bits per heavy atom. The molecule has 0 spiro atoms. The van der Waals surface area contributed by atoms with Gasteiger partial charge >= 0.3 is 6.03 Å². The van der Waals surface area contributed by atoms with Crippen LogP contribution in [0.1, 0.15) is 0 Å². The standard InChI is InChI=1S/C9H11ClN4OS/c10-7-5-16-9(12-7)13-1-2-14-6(4-13)3-11-8(14)15/h5-6H,1-4H2,(H,11,15). The van der Waals surface area contributed by atoms with Crippen molar-refractivity contribution in [3.8, 4) is 0 Å².